The lowest BCUT2D eigenvalue weighted by Gasteiger charge is -2.33. The fourth-order valence-corrected chi connectivity index (χ4v) is 5.37. The third-order valence-electron chi connectivity index (χ3n) is 5.87. The van der Waals surface area contributed by atoms with Gasteiger partial charge in [0.15, 0.2) is 0 Å². The molecule has 0 bridgehead atoms. The van der Waals surface area contributed by atoms with E-state index in [-0.39, 0.29) is 11.9 Å². The van der Waals surface area contributed by atoms with Gasteiger partial charge in [0.05, 0.1) is 18.0 Å². The van der Waals surface area contributed by atoms with Crippen molar-refractivity contribution in [1.29, 1.82) is 0 Å². The number of rotatable bonds is 7. The molecule has 0 aromatic heterocycles. The third kappa shape index (κ3) is 5.79. The van der Waals surface area contributed by atoms with Crippen molar-refractivity contribution in [2.75, 3.05) is 28.6 Å². The third-order valence-corrected chi connectivity index (χ3v) is 7.11. The highest BCUT2D eigenvalue weighted by Crippen LogP contribution is 2.25. The second kappa shape index (κ2) is 9.73. The first-order valence-corrected chi connectivity index (χ1v) is 12.7. The summed E-state index contributed by atoms with van der Waals surface area (Å²) in [6.07, 6.45) is 3.61. The molecule has 2 aromatic rings. The Labute approximate surface area is 186 Å². The Bertz CT molecular complexity index is 977. The average Bonchev–Trinajstić information content (AvgIpc) is 2.73. The quantitative estimate of drug-likeness (QED) is 0.703. The summed E-state index contributed by atoms with van der Waals surface area (Å²) >= 11 is 0. The van der Waals surface area contributed by atoms with Crippen LogP contribution in [0, 0.1) is 5.92 Å². The molecular formula is C24H33N3O3S. The predicted molar refractivity (Wildman–Crippen MR) is 127 cm³/mol. The number of nitrogens with zero attached hydrogens (tertiary/aromatic N) is 2. The summed E-state index contributed by atoms with van der Waals surface area (Å²) in [7, 11) is -3.62. The minimum Gasteiger partial charge on any atom is -0.371 e. The van der Waals surface area contributed by atoms with Crippen molar-refractivity contribution < 1.29 is 13.2 Å². The number of sulfonamides is 1. The molecule has 0 aliphatic carbocycles. The average molecular weight is 444 g/mol. The van der Waals surface area contributed by atoms with Crippen LogP contribution in [0.3, 0.4) is 0 Å². The predicted octanol–water partition coefficient (Wildman–Crippen LogP) is 3.95. The number of hydrogen-bond donors (Lipinski definition) is 1. The van der Waals surface area contributed by atoms with Crippen LogP contribution < -0.4 is 14.5 Å². The normalized spacial score (nSPS) is 18.8. The molecule has 3 rings (SSSR count). The maximum Gasteiger partial charge on any atom is 0.244 e. The van der Waals surface area contributed by atoms with E-state index in [1.165, 1.54) is 18.5 Å². The van der Waals surface area contributed by atoms with Gasteiger partial charge in [-0.1, -0.05) is 37.3 Å². The standard InChI is InChI=1S/C24H33N3O3S/c1-18-9-8-16-26(17-18)22-14-12-21(13-15-22)19(2)25-24(28)20(3)27(31(4,29)30)23-10-6-5-7-11-23/h5-7,10-15,18-20H,8-9,16-17H2,1-4H3,(H,25,28). The Morgan fingerprint density at radius 3 is 2.32 bits per heavy atom. The zero-order chi connectivity index (χ0) is 22.6. The Hall–Kier alpha value is -2.54. The molecule has 1 saturated heterocycles. The van der Waals surface area contributed by atoms with Gasteiger partial charge in [-0.15, -0.1) is 0 Å². The van der Waals surface area contributed by atoms with Crippen molar-refractivity contribution in [2.24, 2.45) is 5.92 Å². The van der Waals surface area contributed by atoms with Gasteiger partial charge in [0.1, 0.15) is 6.04 Å². The van der Waals surface area contributed by atoms with E-state index in [1.54, 1.807) is 31.2 Å². The van der Waals surface area contributed by atoms with E-state index in [4.69, 9.17) is 0 Å². The lowest BCUT2D eigenvalue weighted by Crippen LogP contribution is -2.48. The highest BCUT2D eigenvalue weighted by atomic mass is 32.2. The van der Waals surface area contributed by atoms with E-state index in [0.29, 0.717) is 11.6 Å². The molecule has 1 N–H and O–H groups in total. The minimum atomic E-state index is -3.62. The molecule has 3 atom stereocenters. The number of piperidine rings is 1. The van der Waals surface area contributed by atoms with Crippen LogP contribution in [-0.2, 0) is 14.8 Å². The largest absolute Gasteiger partial charge is 0.371 e. The van der Waals surface area contributed by atoms with Gasteiger partial charge in [0.25, 0.3) is 0 Å². The number of carbonyl (C=O) groups excluding carboxylic acids is 1. The maximum atomic E-state index is 12.9. The van der Waals surface area contributed by atoms with Gasteiger partial charge in [-0.3, -0.25) is 9.10 Å². The molecule has 6 nitrogen and oxygen atoms in total. The highest BCUT2D eigenvalue weighted by Gasteiger charge is 2.29. The van der Waals surface area contributed by atoms with Gasteiger partial charge in [-0.2, -0.15) is 0 Å². The van der Waals surface area contributed by atoms with Crippen LogP contribution in [0.25, 0.3) is 0 Å². The fraction of sp³-hybridized carbons (Fsp3) is 0.458. The minimum absolute atomic E-state index is 0.235. The number of nitrogens with one attached hydrogen (secondary N) is 1. The smallest absolute Gasteiger partial charge is 0.244 e. The van der Waals surface area contributed by atoms with Crippen LogP contribution in [-0.4, -0.2) is 39.7 Å². The second-order valence-electron chi connectivity index (χ2n) is 8.59. The van der Waals surface area contributed by atoms with Crippen LogP contribution in [0.5, 0.6) is 0 Å². The molecule has 1 fully saturated rings. The Balaban J connectivity index is 1.69. The van der Waals surface area contributed by atoms with Crippen molar-refractivity contribution in [3.63, 3.8) is 0 Å². The van der Waals surface area contributed by atoms with Crippen LogP contribution in [0.1, 0.15) is 45.2 Å². The van der Waals surface area contributed by atoms with Gasteiger partial charge < -0.3 is 10.2 Å². The van der Waals surface area contributed by atoms with E-state index in [0.717, 1.165) is 29.2 Å². The van der Waals surface area contributed by atoms with Crippen molar-refractivity contribution in [2.45, 2.75) is 45.7 Å². The lowest BCUT2D eigenvalue weighted by atomic mass is 9.99. The summed E-state index contributed by atoms with van der Waals surface area (Å²) in [4.78, 5) is 15.3. The van der Waals surface area contributed by atoms with Gasteiger partial charge in [-0.25, -0.2) is 8.42 Å². The monoisotopic (exact) mass is 443 g/mol. The summed E-state index contributed by atoms with van der Waals surface area (Å²) in [5.74, 6) is 0.367. The van der Waals surface area contributed by atoms with Gasteiger partial charge in [-0.05, 0) is 62.4 Å². The SMILES string of the molecule is CC1CCCN(c2ccc(C(C)NC(=O)C(C)N(c3ccccc3)S(C)(=O)=O)cc2)C1. The number of benzene rings is 2. The summed E-state index contributed by atoms with van der Waals surface area (Å²) < 4.78 is 25.9. The van der Waals surface area contributed by atoms with E-state index >= 15 is 0 Å². The zero-order valence-corrected chi connectivity index (χ0v) is 19.6. The Kier molecular flexibility index (Phi) is 7.26. The van der Waals surface area contributed by atoms with Crippen molar-refractivity contribution in [3.8, 4) is 0 Å². The van der Waals surface area contributed by atoms with Crippen molar-refractivity contribution in [3.05, 3.63) is 60.2 Å². The number of carbonyl (C=O) groups is 1. The molecule has 7 heteroatoms. The number of amides is 1. The first-order chi connectivity index (χ1) is 14.7. The van der Waals surface area contributed by atoms with Gasteiger partial charge in [0.2, 0.25) is 15.9 Å². The molecular weight excluding hydrogens is 410 g/mol. The summed E-state index contributed by atoms with van der Waals surface area (Å²) in [6, 6.07) is 15.9. The Morgan fingerprint density at radius 2 is 1.74 bits per heavy atom. The van der Waals surface area contributed by atoms with E-state index in [2.05, 4.69) is 29.3 Å². The molecule has 1 aliphatic heterocycles. The summed E-state index contributed by atoms with van der Waals surface area (Å²) in [5.41, 5.74) is 2.66. The number of para-hydroxylation sites is 1. The molecule has 0 spiro atoms. The van der Waals surface area contributed by atoms with E-state index in [1.807, 2.05) is 25.1 Å². The van der Waals surface area contributed by atoms with Gasteiger partial charge in [0, 0.05) is 18.8 Å². The second-order valence-corrected chi connectivity index (χ2v) is 10.4. The zero-order valence-electron chi connectivity index (χ0n) is 18.8. The summed E-state index contributed by atoms with van der Waals surface area (Å²) in [6.45, 7) is 7.96. The first kappa shape index (κ1) is 23.1. The van der Waals surface area contributed by atoms with E-state index in [9.17, 15) is 13.2 Å². The molecule has 1 aliphatic rings. The molecule has 0 saturated carbocycles. The van der Waals surface area contributed by atoms with Crippen LogP contribution in [0.2, 0.25) is 0 Å². The molecule has 1 heterocycles. The molecule has 2 aromatic carbocycles. The molecule has 168 valence electrons. The molecule has 31 heavy (non-hydrogen) atoms. The first-order valence-electron chi connectivity index (χ1n) is 10.9. The number of anilines is 2. The fourth-order valence-electron chi connectivity index (χ4n) is 4.20. The van der Waals surface area contributed by atoms with Crippen molar-refractivity contribution >= 4 is 27.3 Å². The highest BCUT2D eigenvalue weighted by molar-refractivity contribution is 7.92. The number of hydrogen-bond acceptors (Lipinski definition) is 4. The Morgan fingerprint density at radius 1 is 1.10 bits per heavy atom. The van der Waals surface area contributed by atoms with Gasteiger partial charge >= 0.3 is 0 Å². The van der Waals surface area contributed by atoms with Crippen molar-refractivity contribution in [1.82, 2.24) is 5.32 Å². The maximum absolute atomic E-state index is 12.9. The van der Waals surface area contributed by atoms with Crippen LogP contribution >= 0.6 is 0 Å². The van der Waals surface area contributed by atoms with Crippen LogP contribution in [0.15, 0.2) is 54.6 Å². The van der Waals surface area contributed by atoms with Crippen LogP contribution in [0.4, 0.5) is 11.4 Å². The molecule has 3 unspecified atom stereocenters. The summed E-state index contributed by atoms with van der Waals surface area (Å²) in [5, 5.41) is 2.97. The molecule has 1 amide bonds. The lowest BCUT2D eigenvalue weighted by molar-refractivity contribution is -0.122. The topological polar surface area (TPSA) is 69.7 Å². The molecule has 0 radical (unpaired) electrons. The van der Waals surface area contributed by atoms with E-state index < -0.39 is 16.1 Å².